The normalized spacial score (nSPS) is 14.1. The fraction of sp³-hybridized carbons (Fsp3) is 0.167. The number of hydrogen-bond acceptors (Lipinski definition) is 5. The minimum Gasteiger partial charge on any atom is -0.395 e. The number of anilines is 1. The first-order valence-electron chi connectivity index (χ1n) is 7.57. The minimum atomic E-state index is -0.432. The molecule has 0 radical (unpaired) electrons. The van der Waals surface area contributed by atoms with E-state index in [0.29, 0.717) is 5.69 Å². The van der Waals surface area contributed by atoms with Gasteiger partial charge >= 0.3 is 0 Å². The molecule has 1 aliphatic rings. The van der Waals surface area contributed by atoms with E-state index < -0.39 is 11.8 Å². The van der Waals surface area contributed by atoms with Crippen molar-refractivity contribution in [3.05, 3.63) is 59.9 Å². The van der Waals surface area contributed by atoms with Crippen LogP contribution in [0.2, 0.25) is 0 Å². The van der Waals surface area contributed by atoms with Gasteiger partial charge in [0.25, 0.3) is 11.8 Å². The maximum Gasteiger partial charge on any atom is 0.277 e. The molecular formula is C18H17N3O3. The van der Waals surface area contributed by atoms with E-state index >= 15 is 0 Å². The predicted molar refractivity (Wildman–Crippen MR) is 89.9 cm³/mol. The lowest BCUT2D eigenvalue weighted by Gasteiger charge is -2.13. The second-order valence-electron chi connectivity index (χ2n) is 5.50. The number of β-amino-alcohol motifs (C(OH)–C–C–N with tert-alkyl or cyclic N) is 1. The number of aliphatic hydroxyl groups is 1. The zero-order valence-corrected chi connectivity index (χ0v) is 13.2. The summed E-state index contributed by atoms with van der Waals surface area (Å²) in [7, 11) is 0. The summed E-state index contributed by atoms with van der Waals surface area (Å²) in [6.07, 6.45) is 3.01. The molecule has 122 valence electrons. The first-order valence-corrected chi connectivity index (χ1v) is 7.57. The number of aromatic nitrogens is 1. The van der Waals surface area contributed by atoms with Gasteiger partial charge in [-0.15, -0.1) is 0 Å². The molecule has 1 aromatic carbocycles. The van der Waals surface area contributed by atoms with Crippen LogP contribution in [0.25, 0.3) is 11.3 Å². The summed E-state index contributed by atoms with van der Waals surface area (Å²) in [5.41, 5.74) is 3.88. The fourth-order valence-electron chi connectivity index (χ4n) is 2.48. The first kappa shape index (κ1) is 15.9. The second kappa shape index (κ2) is 6.64. The highest BCUT2D eigenvalue weighted by Gasteiger charge is 2.30. The number of carbonyl (C=O) groups is 2. The molecule has 2 heterocycles. The number of imide groups is 1. The number of carbonyl (C=O) groups excluding carboxylic acids is 2. The van der Waals surface area contributed by atoms with Gasteiger partial charge in [0.1, 0.15) is 5.70 Å². The van der Waals surface area contributed by atoms with E-state index in [1.54, 1.807) is 6.20 Å². The topological polar surface area (TPSA) is 82.5 Å². The van der Waals surface area contributed by atoms with E-state index in [1.165, 1.54) is 6.08 Å². The number of aliphatic hydroxyl groups excluding tert-OH is 1. The number of rotatable bonds is 5. The Morgan fingerprint density at radius 3 is 2.58 bits per heavy atom. The molecule has 6 heteroatoms. The van der Waals surface area contributed by atoms with Gasteiger partial charge in [0.2, 0.25) is 0 Å². The molecule has 2 N–H and O–H groups in total. The van der Waals surface area contributed by atoms with Crippen molar-refractivity contribution in [3.63, 3.8) is 0 Å². The predicted octanol–water partition coefficient (Wildman–Crippen LogP) is 1.71. The third-order valence-corrected chi connectivity index (χ3v) is 3.71. The Kier molecular flexibility index (Phi) is 4.39. The summed E-state index contributed by atoms with van der Waals surface area (Å²) in [6.45, 7) is 1.75. The van der Waals surface area contributed by atoms with E-state index in [1.807, 2.05) is 43.3 Å². The summed E-state index contributed by atoms with van der Waals surface area (Å²) in [5.74, 6) is -0.851. The lowest BCUT2D eigenvalue weighted by atomic mass is 10.1. The number of nitrogens with zero attached hydrogens (tertiary/aromatic N) is 2. The molecule has 0 spiro atoms. The van der Waals surface area contributed by atoms with Crippen LogP contribution < -0.4 is 5.32 Å². The van der Waals surface area contributed by atoms with Crippen LogP contribution in [-0.4, -0.2) is 40.0 Å². The standard InChI is InChI=1S/C18H17N3O3/c1-12-6-7-19-15(10-12)13-2-4-14(5-3-13)20-16-11-17(23)21(8-9-22)18(16)24/h2-7,10-11,20,22H,8-9H2,1H3. The molecule has 6 nitrogen and oxygen atoms in total. The van der Waals surface area contributed by atoms with Gasteiger partial charge in [0.05, 0.1) is 18.8 Å². The Bertz CT molecular complexity index is 813. The van der Waals surface area contributed by atoms with Crippen molar-refractivity contribution in [3.8, 4) is 11.3 Å². The van der Waals surface area contributed by atoms with Crippen molar-refractivity contribution in [1.29, 1.82) is 0 Å². The number of aryl methyl sites for hydroxylation is 1. The van der Waals surface area contributed by atoms with Crippen LogP contribution in [0, 0.1) is 6.92 Å². The number of benzene rings is 1. The van der Waals surface area contributed by atoms with Crippen LogP contribution in [0.15, 0.2) is 54.4 Å². The minimum absolute atomic E-state index is 0.00267. The molecule has 0 aliphatic carbocycles. The average Bonchev–Trinajstić information content (AvgIpc) is 2.83. The maximum absolute atomic E-state index is 12.1. The highest BCUT2D eigenvalue weighted by Crippen LogP contribution is 2.22. The molecule has 2 amide bonds. The third kappa shape index (κ3) is 3.18. The number of nitrogens with one attached hydrogen (secondary N) is 1. The van der Waals surface area contributed by atoms with E-state index in [-0.39, 0.29) is 18.8 Å². The van der Waals surface area contributed by atoms with Crippen molar-refractivity contribution in [2.24, 2.45) is 0 Å². The Labute approximate surface area is 139 Å². The van der Waals surface area contributed by atoms with Crippen molar-refractivity contribution < 1.29 is 14.7 Å². The lowest BCUT2D eigenvalue weighted by molar-refractivity contribution is -0.137. The lowest BCUT2D eigenvalue weighted by Crippen LogP contribution is -2.34. The van der Waals surface area contributed by atoms with Gasteiger partial charge < -0.3 is 10.4 Å². The number of amides is 2. The molecular weight excluding hydrogens is 306 g/mol. The van der Waals surface area contributed by atoms with E-state index in [2.05, 4.69) is 10.3 Å². The molecule has 3 rings (SSSR count). The molecule has 1 aliphatic heterocycles. The van der Waals surface area contributed by atoms with Crippen LogP contribution >= 0.6 is 0 Å². The largest absolute Gasteiger partial charge is 0.395 e. The third-order valence-electron chi connectivity index (χ3n) is 3.71. The smallest absolute Gasteiger partial charge is 0.277 e. The fourth-order valence-corrected chi connectivity index (χ4v) is 2.48. The van der Waals surface area contributed by atoms with Gasteiger partial charge in [0.15, 0.2) is 0 Å². The molecule has 0 fully saturated rings. The summed E-state index contributed by atoms with van der Waals surface area (Å²) >= 11 is 0. The quantitative estimate of drug-likeness (QED) is 0.819. The van der Waals surface area contributed by atoms with Gasteiger partial charge in [0, 0.05) is 23.5 Å². The highest BCUT2D eigenvalue weighted by atomic mass is 16.3. The van der Waals surface area contributed by atoms with Crippen molar-refractivity contribution in [2.75, 3.05) is 18.5 Å². The van der Waals surface area contributed by atoms with Crippen LogP contribution in [0.3, 0.4) is 0 Å². The molecule has 2 aromatic rings. The summed E-state index contributed by atoms with van der Waals surface area (Å²) in [5, 5.41) is 11.8. The molecule has 0 bridgehead atoms. The molecule has 0 saturated carbocycles. The Morgan fingerprint density at radius 1 is 1.17 bits per heavy atom. The summed E-state index contributed by atoms with van der Waals surface area (Å²) in [6, 6.07) is 11.4. The van der Waals surface area contributed by atoms with E-state index in [0.717, 1.165) is 21.7 Å². The van der Waals surface area contributed by atoms with Crippen LogP contribution in [-0.2, 0) is 9.59 Å². The SMILES string of the molecule is Cc1ccnc(-c2ccc(NC3=CC(=O)N(CCO)C3=O)cc2)c1. The molecule has 0 unspecified atom stereocenters. The Balaban J connectivity index is 1.74. The van der Waals surface area contributed by atoms with Crippen molar-refractivity contribution in [2.45, 2.75) is 6.92 Å². The first-order chi connectivity index (χ1) is 11.6. The number of pyridine rings is 1. The average molecular weight is 323 g/mol. The van der Waals surface area contributed by atoms with E-state index in [9.17, 15) is 9.59 Å². The zero-order valence-electron chi connectivity index (χ0n) is 13.2. The van der Waals surface area contributed by atoms with Crippen LogP contribution in [0.4, 0.5) is 5.69 Å². The van der Waals surface area contributed by atoms with Crippen LogP contribution in [0.1, 0.15) is 5.56 Å². The highest BCUT2D eigenvalue weighted by molar-refractivity contribution is 6.17. The van der Waals surface area contributed by atoms with E-state index in [4.69, 9.17) is 5.11 Å². The molecule has 24 heavy (non-hydrogen) atoms. The van der Waals surface area contributed by atoms with Crippen LogP contribution in [0.5, 0.6) is 0 Å². The van der Waals surface area contributed by atoms with Gasteiger partial charge in [-0.2, -0.15) is 0 Å². The van der Waals surface area contributed by atoms with Gasteiger partial charge in [-0.1, -0.05) is 12.1 Å². The zero-order chi connectivity index (χ0) is 17.1. The van der Waals surface area contributed by atoms with Crippen molar-refractivity contribution >= 4 is 17.5 Å². The second-order valence-corrected chi connectivity index (χ2v) is 5.50. The molecule has 0 atom stereocenters. The maximum atomic E-state index is 12.1. The summed E-state index contributed by atoms with van der Waals surface area (Å²) < 4.78 is 0. The monoisotopic (exact) mass is 323 g/mol. The number of hydrogen-bond donors (Lipinski definition) is 2. The Hall–Kier alpha value is -2.99. The van der Waals surface area contributed by atoms with Gasteiger partial charge in [-0.05, 0) is 36.8 Å². The molecule has 1 aromatic heterocycles. The van der Waals surface area contributed by atoms with Gasteiger partial charge in [-0.25, -0.2) is 0 Å². The van der Waals surface area contributed by atoms with Gasteiger partial charge in [-0.3, -0.25) is 19.5 Å². The van der Waals surface area contributed by atoms with Crippen molar-refractivity contribution in [1.82, 2.24) is 9.88 Å². The molecule has 0 saturated heterocycles. The Morgan fingerprint density at radius 2 is 1.92 bits per heavy atom. The summed E-state index contributed by atoms with van der Waals surface area (Å²) in [4.78, 5) is 29.1.